The van der Waals surface area contributed by atoms with E-state index >= 15 is 0 Å². The zero-order valence-corrected chi connectivity index (χ0v) is 5.18. The summed E-state index contributed by atoms with van der Waals surface area (Å²) >= 11 is -0.0376. The van der Waals surface area contributed by atoms with Crippen LogP contribution in [0, 0.1) is 0 Å². The van der Waals surface area contributed by atoms with E-state index in [1.54, 1.807) is 4.94 Å². The van der Waals surface area contributed by atoms with Crippen LogP contribution in [0.2, 0.25) is 0 Å². The molecule has 0 aliphatic heterocycles. The first kappa shape index (κ1) is 4.68. The van der Waals surface area contributed by atoms with Gasteiger partial charge in [0.2, 0.25) is 0 Å². The quantitative estimate of drug-likeness (QED) is 0.482. The van der Waals surface area contributed by atoms with Gasteiger partial charge in [0, 0.05) is 0 Å². The van der Waals surface area contributed by atoms with Crippen molar-refractivity contribution in [3.8, 4) is 0 Å². The Balaban J connectivity index is 3.30. The fourth-order valence-corrected chi connectivity index (χ4v) is 1.28. The molecule has 0 saturated heterocycles. The van der Waals surface area contributed by atoms with Gasteiger partial charge in [0.25, 0.3) is 0 Å². The van der Waals surface area contributed by atoms with Crippen molar-refractivity contribution in [2.75, 3.05) is 5.73 Å². The number of hydrogen-bond acceptors (Lipinski definition) is 2. The summed E-state index contributed by atoms with van der Waals surface area (Å²) in [6, 6.07) is 0. The van der Waals surface area contributed by atoms with Crippen molar-refractivity contribution >= 4 is 20.3 Å². The van der Waals surface area contributed by atoms with E-state index < -0.39 is 0 Å². The third kappa shape index (κ3) is 0.947. The van der Waals surface area contributed by atoms with E-state index in [9.17, 15) is 4.79 Å². The van der Waals surface area contributed by atoms with Gasteiger partial charge < -0.3 is 0 Å². The molecule has 3 nitrogen and oxygen atoms in total. The van der Waals surface area contributed by atoms with E-state index in [4.69, 9.17) is 5.73 Å². The van der Waals surface area contributed by atoms with Gasteiger partial charge in [-0.05, 0) is 0 Å². The average molecular weight is 163 g/mol. The van der Waals surface area contributed by atoms with Gasteiger partial charge in [0.05, 0.1) is 0 Å². The van der Waals surface area contributed by atoms with Crippen molar-refractivity contribution in [2.24, 2.45) is 0 Å². The predicted molar refractivity (Wildman–Crippen MR) is 28.4 cm³/mol. The number of hydrogen-bond donors (Lipinski definition) is 2. The van der Waals surface area contributed by atoms with E-state index in [-0.39, 0.29) is 18.9 Å². The molecule has 0 radical (unpaired) electrons. The molecule has 1 aromatic rings. The van der Waals surface area contributed by atoms with E-state index in [0.717, 1.165) is 0 Å². The van der Waals surface area contributed by atoms with E-state index in [1.165, 1.54) is 0 Å². The third-order valence-corrected chi connectivity index (χ3v) is 1.98. The zero-order valence-electron chi connectivity index (χ0n) is 3.47. The van der Waals surface area contributed by atoms with E-state index in [2.05, 4.69) is 4.98 Å². The molecule has 7 heavy (non-hydrogen) atoms. The molecule has 4 heteroatoms. The van der Waals surface area contributed by atoms with Crippen molar-refractivity contribution < 1.29 is 0 Å². The van der Waals surface area contributed by atoms with Gasteiger partial charge in [-0.1, -0.05) is 0 Å². The van der Waals surface area contributed by atoms with E-state index in [0.29, 0.717) is 5.82 Å². The average Bonchev–Trinajstić information content (AvgIpc) is 1.87. The summed E-state index contributed by atoms with van der Waals surface area (Å²) in [4.78, 5) is 14.4. The Morgan fingerprint density at radius 1 is 1.86 bits per heavy atom. The first-order valence-electron chi connectivity index (χ1n) is 1.72. The first-order valence-corrected chi connectivity index (χ1v) is 3.57. The second-order valence-corrected chi connectivity index (χ2v) is 2.87. The van der Waals surface area contributed by atoms with Crippen LogP contribution in [0.4, 0.5) is 5.82 Å². The van der Waals surface area contributed by atoms with Crippen molar-refractivity contribution in [2.45, 2.75) is 0 Å². The Bertz CT molecular complexity index is 201. The molecule has 1 rings (SSSR count). The Morgan fingerprint density at radius 2 is 2.57 bits per heavy atom. The number of aromatic nitrogens is 1. The van der Waals surface area contributed by atoms with Crippen LogP contribution in [0.5, 0.6) is 0 Å². The molecule has 0 bridgehead atoms. The Kier molecular flexibility index (Phi) is 1.04. The van der Waals surface area contributed by atoms with Crippen LogP contribution in [0.25, 0.3) is 0 Å². The molecule has 0 aliphatic rings. The number of H-pyrrole nitrogens is 1. The van der Waals surface area contributed by atoms with Crippen molar-refractivity contribution in [1.82, 2.24) is 4.98 Å². The summed E-state index contributed by atoms with van der Waals surface area (Å²) in [6.45, 7) is 0. The number of nitrogen functional groups attached to an aromatic ring is 1. The monoisotopic (exact) mass is 164 g/mol. The molecule has 0 amide bonds. The van der Waals surface area contributed by atoms with Crippen molar-refractivity contribution in [3.63, 3.8) is 0 Å². The van der Waals surface area contributed by atoms with Crippen LogP contribution >= 0.6 is 0 Å². The number of nitrogens with one attached hydrogen (secondary N) is 1. The molecule has 0 aliphatic carbocycles. The Morgan fingerprint density at radius 3 is 2.71 bits per heavy atom. The second kappa shape index (κ2) is 1.56. The summed E-state index contributed by atoms with van der Waals surface area (Å²) in [5.74, 6) is 0.505. The molecule has 0 fully saturated rings. The van der Waals surface area contributed by atoms with Crippen LogP contribution in [0.3, 0.4) is 0 Å². The van der Waals surface area contributed by atoms with Gasteiger partial charge in [0.15, 0.2) is 0 Å². The third-order valence-electron chi connectivity index (χ3n) is 0.539. The maximum atomic E-state index is 10.2. The molecule has 3 N–H and O–H groups in total. The molecule has 0 unspecified atom stereocenters. The Hall–Kier alpha value is -0.471. The minimum absolute atomic E-state index is 0.0376. The topological polar surface area (TPSA) is 58.9 Å². The van der Waals surface area contributed by atoms with Gasteiger partial charge in [-0.15, -0.1) is 0 Å². The summed E-state index contributed by atoms with van der Waals surface area (Å²) in [7, 11) is 0. The molecule has 1 aromatic heterocycles. The van der Waals surface area contributed by atoms with Gasteiger partial charge in [-0.2, -0.15) is 0 Å². The van der Waals surface area contributed by atoms with E-state index in [1.807, 2.05) is 0 Å². The fourth-order valence-electron chi connectivity index (χ4n) is 0.294. The standard InChI is InChI=1S/C3H4N2OSe/c4-2-1-7-3(6)5-2/h1H,4H2,(H,5,6). The molecule has 1 heterocycles. The molecule has 0 aromatic carbocycles. The van der Waals surface area contributed by atoms with Crippen LogP contribution in [-0.2, 0) is 0 Å². The summed E-state index contributed by atoms with van der Waals surface area (Å²) in [5, 5.41) is 0. The number of anilines is 1. The molecule has 0 spiro atoms. The second-order valence-electron chi connectivity index (χ2n) is 1.10. The van der Waals surface area contributed by atoms with Crippen molar-refractivity contribution in [1.29, 1.82) is 0 Å². The number of aromatic amines is 1. The molecule has 0 atom stereocenters. The van der Waals surface area contributed by atoms with Crippen LogP contribution in [-0.4, -0.2) is 19.5 Å². The first-order chi connectivity index (χ1) is 3.29. The predicted octanol–water partition coefficient (Wildman–Crippen LogP) is -0.986. The Labute approximate surface area is 45.9 Å². The van der Waals surface area contributed by atoms with Gasteiger partial charge in [-0.25, -0.2) is 0 Å². The number of nitrogens with two attached hydrogens (primary N) is 1. The van der Waals surface area contributed by atoms with Gasteiger partial charge >= 0.3 is 45.2 Å². The van der Waals surface area contributed by atoms with Crippen LogP contribution < -0.4 is 10.2 Å². The minimum atomic E-state index is -0.0376. The summed E-state index contributed by atoms with van der Waals surface area (Å²) < 4.78 is 0.0463. The maximum absolute atomic E-state index is 10.2. The summed E-state index contributed by atoms with van der Waals surface area (Å²) in [5.41, 5.74) is 5.17. The van der Waals surface area contributed by atoms with Crippen molar-refractivity contribution in [3.05, 3.63) is 14.2 Å². The number of rotatable bonds is 0. The van der Waals surface area contributed by atoms with Gasteiger partial charge in [-0.3, -0.25) is 0 Å². The van der Waals surface area contributed by atoms with Crippen LogP contribution in [0.15, 0.2) is 9.73 Å². The van der Waals surface area contributed by atoms with Crippen LogP contribution in [0.1, 0.15) is 0 Å². The SMILES string of the molecule is Nc1c[se]c(=O)[nH]1. The molecular formula is C3H4N2OSe. The molecular weight excluding hydrogens is 159 g/mol. The summed E-state index contributed by atoms with van der Waals surface area (Å²) in [6.07, 6.45) is 0. The normalized spacial score (nSPS) is 9.14. The van der Waals surface area contributed by atoms with Gasteiger partial charge in [0.1, 0.15) is 0 Å². The zero-order chi connectivity index (χ0) is 5.28. The molecule has 0 saturated carbocycles. The molecule has 38 valence electrons. The fraction of sp³-hybridized carbons (Fsp3) is 0.